The molecule has 0 aromatic heterocycles. The van der Waals surface area contributed by atoms with Crippen molar-refractivity contribution in [2.24, 2.45) is 5.41 Å². The van der Waals surface area contributed by atoms with Crippen LogP contribution in [-0.4, -0.2) is 37.6 Å². The Bertz CT molecular complexity index is 205. The lowest BCUT2D eigenvalue weighted by molar-refractivity contribution is 0.195. The maximum Gasteiger partial charge on any atom is 0.0638 e. The lowest BCUT2D eigenvalue weighted by Gasteiger charge is -2.29. The molecule has 1 unspecified atom stereocenters. The van der Waals surface area contributed by atoms with Crippen molar-refractivity contribution in [3.8, 4) is 6.07 Å². The van der Waals surface area contributed by atoms with Crippen molar-refractivity contribution in [3.63, 3.8) is 0 Å². The van der Waals surface area contributed by atoms with Crippen molar-refractivity contribution in [3.05, 3.63) is 0 Å². The highest BCUT2D eigenvalue weighted by Crippen LogP contribution is 2.19. The van der Waals surface area contributed by atoms with Gasteiger partial charge in [-0.1, -0.05) is 13.8 Å². The SMILES string of the molecule is CN1CC(C)(C)CNCC1CC#N. The van der Waals surface area contributed by atoms with Crippen LogP contribution in [0.25, 0.3) is 0 Å². The summed E-state index contributed by atoms with van der Waals surface area (Å²) in [6.45, 7) is 7.55. The van der Waals surface area contributed by atoms with Crippen LogP contribution >= 0.6 is 0 Å². The molecule has 0 amide bonds. The third kappa shape index (κ3) is 2.98. The molecule has 3 heteroatoms. The molecule has 1 aliphatic heterocycles. The van der Waals surface area contributed by atoms with Gasteiger partial charge in [-0.3, -0.25) is 0 Å². The molecule has 74 valence electrons. The molecule has 0 aliphatic carbocycles. The summed E-state index contributed by atoms with van der Waals surface area (Å²) in [6.07, 6.45) is 0.625. The molecule has 0 bridgehead atoms. The van der Waals surface area contributed by atoms with Gasteiger partial charge in [0, 0.05) is 25.7 Å². The minimum absolute atomic E-state index is 0.318. The maximum absolute atomic E-state index is 8.65. The lowest BCUT2D eigenvalue weighted by Crippen LogP contribution is -2.38. The van der Waals surface area contributed by atoms with Crippen LogP contribution in [-0.2, 0) is 0 Å². The predicted molar refractivity (Wildman–Crippen MR) is 53.3 cm³/mol. The molecular formula is C10H19N3. The van der Waals surface area contributed by atoms with E-state index in [1.54, 1.807) is 0 Å². The second-order valence-corrected chi connectivity index (χ2v) is 4.73. The van der Waals surface area contributed by atoms with Crippen LogP contribution in [0.4, 0.5) is 0 Å². The van der Waals surface area contributed by atoms with E-state index in [4.69, 9.17) is 5.26 Å². The predicted octanol–water partition coefficient (Wildman–Crippen LogP) is 0.830. The first-order valence-corrected chi connectivity index (χ1v) is 4.83. The van der Waals surface area contributed by atoms with Crippen molar-refractivity contribution in [2.45, 2.75) is 26.3 Å². The Balaban J connectivity index is 2.58. The molecule has 0 aromatic carbocycles. The zero-order valence-electron chi connectivity index (χ0n) is 8.80. The molecule has 1 aliphatic rings. The Kier molecular flexibility index (Phi) is 3.29. The van der Waals surface area contributed by atoms with Gasteiger partial charge in [-0.25, -0.2) is 0 Å². The Hall–Kier alpha value is -0.590. The maximum atomic E-state index is 8.65. The third-order valence-corrected chi connectivity index (χ3v) is 2.61. The van der Waals surface area contributed by atoms with Gasteiger partial charge < -0.3 is 10.2 Å². The van der Waals surface area contributed by atoms with Gasteiger partial charge in [0.05, 0.1) is 12.5 Å². The van der Waals surface area contributed by atoms with Crippen molar-refractivity contribution in [1.29, 1.82) is 5.26 Å². The molecule has 1 saturated heterocycles. The first-order valence-electron chi connectivity index (χ1n) is 4.83. The van der Waals surface area contributed by atoms with E-state index in [1.807, 2.05) is 0 Å². The van der Waals surface area contributed by atoms with E-state index in [2.05, 4.69) is 37.2 Å². The van der Waals surface area contributed by atoms with E-state index in [0.29, 0.717) is 17.9 Å². The Labute approximate surface area is 80.7 Å². The van der Waals surface area contributed by atoms with Gasteiger partial charge in [0.2, 0.25) is 0 Å². The quantitative estimate of drug-likeness (QED) is 0.651. The first-order chi connectivity index (χ1) is 6.05. The van der Waals surface area contributed by atoms with Crippen LogP contribution < -0.4 is 5.32 Å². The molecule has 0 saturated carbocycles. The van der Waals surface area contributed by atoms with Gasteiger partial charge in [0.15, 0.2) is 0 Å². The smallest absolute Gasteiger partial charge is 0.0638 e. The summed E-state index contributed by atoms with van der Waals surface area (Å²) >= 11 is 0. The monoisotopic (exact) mass is 181 g/mol. The van der Waals surface area contributed by atoms with Gasteiger partial charge in [-0.05, 0) is 12.5 Å². The van der Waals surface area contributed by atoms with Gasteiger partial charge in [0.1, 0.15) is 0 Å². The fourth-order valence-corrected chi connectivity index (χ4v) is 1.93. The largest absolute Gasteiger partial charge is 0.315 e. The number of hydrogen-bond donors (Lipinski definition) is 1. The van der Waals surface area contributed by atoms with Gasteiger partial charge in [0.25, 0.3) is 0 Å². The molecule has 1 heterocycles. The van der Waals surface area contributed by atoms with Crippen LogP contribution in [0.1, 0.15) is 20.3 Å². The number of rotatable bonds is 1. The summed E-state index contributed by atoms with van der Waals surface area (Å²) in [5, 5.41) is 12.1. The molecular weight excluding hydrogens is 162 g/mol. The first kappa shape index (κ1) is 10.5. The highest BCUT2D eigenvalue weighted by Gasteiger charge is 2.27. The average molecular weight is 181 g/mol. The number of nitrogens with zero attached hydrogens (tertiary/aromatic N) is 2. The van der Waals surface area contributed by atoms with E-state index < -0.39 is 0 Å². The Morgan fingerprint density at radius 2 is 2.31 bits per heavy atom. The number of likely N-dealkylation sites (N-methyl/N-ethyl adjacent to an activating group) is 1. The highest BCUT2D eigenvalue weighted by atomic mass is 15.2. The summed E-state index contributed by atoms with van der Waals surface area (Å²) in [5.74, 6) is 0. The number of nitriles is 1. The summed E-state index contributed by atoms with van der Waals surface area (Å²) in [7, 11) is 2.11. The average Bonchev–Trinajstić information content (AvgIpc) is 2.11. The molecule has 0 aromatic rings. The summed E-state index contributed by atoms with van der Waals surface area (Å²) in [4.78, 5) is 2.29. The minimum Gasteiger partial charge on any atom is -0.315 e. The van der Waals surface area contributed by atoms with Crippen molar-refractivity contribution in [2.75, 3.05) is 26.7 Å². The van der Waals surface area contributed by atoms with Gasteiger partial charge >= 0.3 is 0 Å². The third-order valence-electron chi connectivity index (χ3n) is 2.61. The van der Waals surface area contributed by atoms with Gasteiger partial charge in [-0.15, -0.1) is 0 Å². The number of hydrogen-bond acceptors (Lipinski definition) is 3. The van der Waals surface area contributed by atoms with E-state index in [-0.39, 0.29) is 0 Å². The zero-order valence-corrected chi connectivity index (χ0v) is 8.80. The van der Waals surface area contributed by atoms with E-state index in [1.165, 1.54) is 0 Å². The van der Waals surface area contributed by atoms with Crippen LogP contribution in [0.2, 0.25) is 0 Å². The van der Waals surface area contributed by atoms with Crippen molar-refractivity contribution < 1.29 is 0 Å². The Morgan fingerprint density at radius 3 is 2.92 bits per heavy atom. The number of nitrogens with one attached hydrogen (secondary N) is 1. The second kappa shape index (κ2) is 4.08. The minimum atomic E-state index is 0.318. The van der Waals surface area contributed by atoms with Crippen LogP contribution in [0.15, 0.2) is 0 Å². The molecule has 3 nitrogen and oxygen atoms in total. The van der Waals surface area contributed by atoms with E-state index >= 15 is 0 Å². The second-order valence-electron chi connectivity index (χ2n) is 4.73. The highest BCUT2D eigenvalue weighted by molar-refractivity contribution is 4.89. The summed E-state index contributed by atoms with van der Waals surface area (Å²) < 4.78 is 0. The standard InChI is InChI=1S/C10H19N3/c1-10(2)7-12-6-9(4-5-11)13(3)8-10/h9,12H,4,6-8H2,1-3H3. The molecule has 1 N–H and O–H groups in total. The topological polar surface area (TPSA) is 39.1 Å². The van der Waals surface area contributed by atoms with E-state index in [0.717, 1.165) is 19.6 Å². The molecule has 13 heavy (non-hydrogen) atoms. The van der Waals surface area contributed by atoms with Crippen LogP contribution in [0, 0.1) is 16.7 Å². The van der Waals surface area contributed by atoms with Crippen molar-refractivity contribution in [1.82, 2.24) is 10.2 Å². The molecule has 1 fully saturated rings. The lowest BCUT2D eigenvalue weighted by atomic mass is 9.93. The Morgan fingerprint density at radius 1 is 1.62 bits per heavy atom. The van der Waals surface area contributed by atoms with Crippen LogP contribution in [0.5, 0.6) is 0 Å². The molecule has 0 spiro atoms. The van der Waals surface area contributed by atoms with Crippen molar-refractivity contribution >= 4 is 0 Å². The van der Waals surface area contributed by atoms with E-state index in [9.17, 15) is 0 Å². The van der Waals surface area contributed by atoms with Crippen LogP contribution in [0.3, 0.4) is 0 Å². The fraction of sp³-hybridized carbons (Fsp3) is 0.900. The normalized spacial score (nSPS) is 29.2. The summed E-state index contributed by atoms with van der Waals surface area (Å²) in [6, 6.07) is 2.62. The molecule has 0 radical (unpaired) electrons. The molecule has 1 atom stereocenters. The fourth-order valence-electron chi connectivity index (χ4n) is 1.93. The summed E-state index contributed by atoms with van der Waals surface area (Å²) in [5.41, 5.74) is 0.318. The molecule has 1 rings (SSSR count). The zero-order chi connectivity index (χ0) is 9.90. The van der Waals surface area contributed by atoms with Gasteiger partial charge in [-0.2, -0.15) is 5.26 Å².